The highest BCUT2D eigenvalue weighted by Crippen LogP contribution is 2.25. The Bertz CT molecular complexity index is 542. The fraction of sp³-hybridized carbons (Fsp3) is 0.308. The maximum absolute atomic E-state index is 13.7. The first-order valence-corrected chi connectivity index (χ1v) is 6.13. The van der Waals surface area contributed by atoms with Gasteiger partial charge in [-0.1, -0.05) is 23.7 Å². The molecule has 1 aromatic heterocycles. The lowest BCUT2D eigenvalue weighted by Crippen LogP contribution is -2.09. The SMILES string of the molecule is CCn1ccnc1CC(O)c1cccc(Cl)c1F. The summed E-state index contributed by atoms with van der Waals surface area (Å²) in [5.41, 5.74) is 0.202. The van der Waals surface area contributed by atoms with E-state index in [1.807, 2.05) is 17.7 Å². The van der Waals surface area contributed by atoms with Crippen molar-refractivity contribution >= 4 is 11.6 Å². The second-order valence-corrected chi connectivity index (χ2v) is 4.40. The molecule has 18 heavy (non-hydrogen) atoms. The molecule has 0 saturated carbocycles. The Morgan fingerprint density at radius 3 is 3.00 bits per heavy atom. The molecule has 3 nitrogen and oxygen atoms in total. The number of aromatic nitrogens is 2. The molecular weight excluding hydrogens is 255 g/mol. The van der Waals surface area contributed by atoms with Gasteiger partial charge in [0, 0.05) is 30.9 Å². The van der Waals surface area contributed by atoms with Gasteiger partial charge in [0.25, 0.3) is 0 Å². The molecule has 2 rings (SSSR count). The fourth-order valence-electron chi connectivity index (χ4n) is 1.88. The van der Waals surface area contributed by atoms with Crippen LogP contribution >= 0.6 is 11.6 Å². The van der Waals surface area contributed by atoms with Crippen LogP contribution in [-0.4, -0.2) is 14.7 Å². The molecule has 1 heterocycles. The zero-order valence-electron chi connectivity index (χ0n) is 9.98. The number of aliphatic hydroxyl groups is 1. The molecule has 0 radical (unpaired) electrons. The van der Waals surface area contributed by atoms with Crippen LogP contribution < -0.4 is 0 Å². The number of imidazole rings is 1. The van der Waals surface area contributed by atoms with Gasteiger partial charge in [-0.15, -0.1) is 0 Å². The largest absolute Gasteiger partial charge is 0.388 e. The number of halogens is 2. The zero-order valence-corrected chi connectivity index (χ0v) is 10.7. The molecule has 2 aromatic rings. The second kappa shape index (κ2) is 5.50. The van der Waals surface area contributed by atoms with Gasteiger partial charge in [0.05, 0.1) is 11.1 Å². The van der Waals surface area contributed by atoms with Crippen LogP contribution in [0.4, 0.5) is 4.39 Å². The van der Waals surface area contributed by atoms with Crippen molar-refractivity contribution in [1.82, 2.24) is 9.55 Å². The van der Waals surface area contributed by atoms with E-state index in [0.717, 1.165) is 12.4 Å². The molecule has 1 atom stereocenters. The van der Waals surface area contributed by atoms with E-state index < -0.39 is 11.9 Å². The lowest BCUT2D eigenvalue weighted by Gasteiger charge is -2.13. The van der Waals surface area contributed by atoms with Gasteiger partial charge in [0.1, 0.15) is 11.6 Å². The predicted molar refractivity (Wildman–Crippen MR) is 68.0 cm³/mol. The molecule has 0 aliphatic carbocycles. The number of hydrogen-bond acceptors (Lipinski definition) is 2. The third kappa shape index (κ3) is 2.54. The Hall–Kier alpha value is -1.39. The van der Waals surface area contributed by atoms with Crippen LogP contribution in [0.2, 0.25) is 5.02 Å². The quantitative estimate of drug-likeness (QED) is 0.926. The molecule has 96 valence electrons. The lowest BCUT2D eigenvalue weighted by molar-refractivity contribution is 0.170. The molecular formula is C13H14ClFN2O. The first kappa shape index (κ1) is 13.1. The third-order valence-corrected chi connectivity index (χ3v) is 3.15. The summed E-state index contributed by atoms with van der Waals surface area (Å²) in [7, 11) is 0. The first-order valence-electron chi connectivity index (χ1n) is 5.75. The number of aryl methyl sites for hydroxylation is 1. The highest BCUT2D eigenvalue weighted by Gasteiger charge is 2.17. The van der Waals surface area contributed by atoms with Gasteiger partial charge in [-0.25, -0.2) is 9.37 Å². The van der Waals surface area contributed by atoms with Crippen LogP contribution in [0.1, 0.15) is 24.4 Å². The summed E-state index contributed by atoms with van der Waals surface area (Å²) < 4.78 is 15.7. The van der Waals surface area contributed by atoms with Crippen molar-refractivity contribution in [3.8, 4) is 0 Å². The van der Waals surface area contributed by atoms with Crippen molar-refractivity contribution in [1.29, 1.82) is 0 Å². The molecule has 0 spiro atoms. The topological polar surface area (TPSA) is 38.0 Å². The number of rotatable bonds is 4. The smallest absolute Gasteiger partial charge is 0.147 e. The molecule has 0 aliphatic rings. The minimum Gasteiger partial charge on any atom is -0.388 e. The molecule has 0 amide bonds. The van der Waals surface area contributed by atoms with E-state index in [9.17, 15) is 9.50 Å². The minimum atomic E-state index is -0.948. The molecule has 0 bridgehead atoms. The van der Waals surface area contributed by atoms with Crippen LogP contribution in [0.15, 0.2) is 30.6 Å². The summed E-state index contributed by atoms with van der Waals surface area (Å²) >= 11 is 5.69. The average Bonchev–Trinajstić information content (AvgIpc) is 2.79. The average molecular weight is 269 g/mol. The Kier molecular flexibility index (Phi) is 3.99. The Morgan fingerprint density at radius 2 is 2.28 bits per heavy atom. The van der Waals surface area contributed by atoms with E-state index in [-0.39, 0.29) is 17.0 Å². The highest BCUT2D eigenvalue weighted by molar-refractivity contribution is 6.30. The monoisotopic (exact) mass is 268 g/mol. The molecule has 1 N–H and O–H groups in total. The Morgan fingerprint density at radius 1 is 1.50 bits per heavy atom. The summed E-state index contributed by atoms with van der Waals surface area (Å²) in [6, 6.07) is 4.61. The zero-order chi connectivity index (χ0) is 13.1. The fourth-order valence-corrected chi connectivity index (χ4v) is 2.06. The standard InChI is InChI=1S/C13H14ClFN2O/c1-2-17-7-6-16-12(17)8-11(18)9-4-3-5-10(14)13(9)15/h3-7,11,18H,2,8H2,1H3. The van der Waals surface area contributed by atoms with E-state index in [1.54, 1.807) is 12.3 Å². The van der Waals surface area contributed by atoms with E-state index in [4.69, 9.17) is 11.6 Å². The van der Waals surface area contributed by atoms with E-state index in [0.29, 0.717) is 0 Å². The van der Waals surface area contributed by atoms with Crippen LogP contribution in [0.25, 0.3) is 0 Å². The van der Waals surface area contributed by atoms with Gasteiger partial charge >= 0.3 is 0 Å². The van der Waals surface area contributed by atoms with E-state index >= 15 is 0 Å². The first-order chi connectivity index (χ1) is 8.63. The summed E-state index contributed by atoms with van der Waals surface area (Å²) in [5.74, 6) is 0.158. The van der Waals surface area contributed by atoms with Crippen LogP contribution in [0, 0.1) is 5.82 Å². The number of nitrogens with zero attached hydrogens (tertiary/aromatic N) is 2. The van der Waals surface area contributed by atoms with Gasteiger partial charge in [-0.2, -0.15) is 0 Å². The minimum absolute atomic E-state index is 0.0189. The maximum Gasteiger partial charge on any atom is 0.147 e. The third-order valence-electron chi connectivity index (χ3n) is 2.86. The van der Waals surface area contributed by atoms with Crippen molar-refractivity contribution in [3.63, 3.8) is 0 Å². The summed E-state index contributed by atoms with van der Waals surface area (Å²) in [6.07, 6.45) is 2.81. The molecule has 0 aliphatic heterocycles. The number of hydrogen-bond donors (Lipinski definition) is 1. The molecule has 0 fully saturated rings. The van der Waals surface area contributed by atoms with E-state index in [1.165, 1.54) is 12.1 Å². The number of benzene rings is 1. The van der Waals surface area contributed by atoms with Crippen molar-refractivity contribution in [3.05, 3.63) is 52.8 Å². The molecule has 5 heteroatoms. The Balaban J connectivity index is 2.22. The molecule has 0 saturated heterocycles. The van der Waals surface area contributed by atoms with Gasteiger partial charge in [0.15, 0.2) is 0 Å². The van der Waals surface area contributed by atoms with Gasteiger partial charge < -0.3 is 9.67 Å². The highest BCUT2D eigenvalue weighted by atomic mass is 35.5. The van der Waals surface area contributed by atoms with Gasteiger partial charge in [-0.3, -0.25) is 0 Å². The normalized spacial score (nSPS) is 12.7. The van der Waals surface area contributed by atoms with Crippen molar-refractivity contribution in [2.75, 3.05) is 0 Å². The van der Waals surface area contributed by atoms with Gasteiger partial charge in [-0.05, 0) is 13.0 Å². The predicted octanol–water partition coefficient (Wildman–Crippen LogP) is 2.97. The maximum atomic E-state index is 13.7. The van der Waals surface area contributed by atoms with Crippen LogP contribution in [0.5, 0.6) is 0 Å². The van der Waals surface area contributed by atoms with Crippen molar-refractivity contribution < 1.29 is 9.50 Å². The lowest BCUT2D eigenvalue weighted by atomic mass is 10.1. The van der Waals surface area contributed by atoms with Crippen molar-refractivity contribution in [2.24, 2.45) is 0 Å². The molecule has 1 unspecified atom stereocenters. The summed E-state index contributed by atoms with van der Waals surface area (Å²) in [6.45, 7) is 2.75. The Labute approximate surface area is 110 Å². The van der Waals surface area contributed by atoms with E-state index in [2.05, 4.69) is 4.98 Å². The van der Waals surface area contributed by atoms with Crippen molar-refractivity contribution in [2.45, 2.75) is 26.0 Å². The van der Waals surface area contributed by atoms with Gasteiger partial charge in [0.2, 0.25) is 0 Å². The van der Waals surface area contributed by atoms with Crippen LogP contribution in [-0.2, 0) is 13.0 Å². The summed E-state index contributed by atoms with van der Waals surface area (Å²) in [5, 5.41) is 10.1. The number of aliphatic hydroxyl groups excluding tert-OH is 1. The molecule has 1 aromatic carbocycles. The van der Waals surface area contributed by atoms with Crippen LogP contribution in [0.3, 0.4) is 0 Å². The second-order valence-electron chi connectivity index (χ2n) is 3.99. The summed E-state index contributed by atoms with van der Waals surface area (Å²) in [4.78, 5) is 4.15.